The average Bonchev–Trinajstić information content (AvgIpc) is 3.21. The van der Waals surface area contributed by atoms with Crippen LogP contribution >= 0.6 is 15.9 Å². The maximum absolute atomic E-state index is 11.8. The highest BCUT2D eigenvalue weighted by atomic mass is 79.9. The predicted molar refractivity (Wildman–Crippen MR) is 123 cm³/mol. The van der Waals surface area contributed by atoms with Gasteiger partial charge in [-0.25, -0.2) is 10.8 Å². The van der Waals surface area contributed by atoms with Crippen molar-refractivity contribution in [1.82, 2.24) is 15.4 Å². The van der Waals surface area contributed by atoms with Crippen LogP contribution in [0.4, 0.5) is 0 Å². The van der Waals surface area contributed by atoms with E-state index in [9.17, 15) is 4.79 Å². The lowest BCUT2D eigenvalue weighted by atomic mass is 10.1. The number of nitrogens with zero attached hydrogens (tertiary/aromatic N) is 1. The molecule has 0 radical (unpaired) electrons. The largest absolute Gasteiger partial charge is 0.493 e. The molecular weight excluding hydrogens is 460 g/mol. The SMILES string of the molecule is COc1cc(-c2nc3ccc(C(=O)NN)cc3[nH]2)cc(Br)c1OCc1ccc(C)cc1. The molecule has 4 rings (SSSR count). The zero-order valence-electron chi connectivity index (χ0n) is 17.0. The molecule has 1 aromatic heterocycles. The fraction of sp³-hybridized carbons (Fsp3) is 0.130. The zero-order valence-corrected chi connectivity index (χ0v) is 18.6. The highest BCUT2D eigenvalue weighted by Crippen LogP contribution is 2.40. The van der Waals surface area contributed by atoms with E-state index in [2.05, 4.69) is 50.4 Å². The van der Waals surface area contributed by atoms with Crippen molar-refractivity contribution in [2.24, 2.45) is 5.84 Å². The Balaban J connectivity index is 1.64. The predicted octanol–water partition coefficient (Wildman–Crippen LogP) is 4.49. The van der Waals surface area contributed by atoms with E-state index in [4.69, 9.17) is 15.3 Å². The maximum atomic E-state index is 11.8. The molecule has 0 fully saturated rings. The summed E-state index contributed by atoms with van der Waals surface area (Å²) in [7, 11) is 1.60. The minimum Gasteiger partial charge on any atom is -0.493 e. The molecule has 1 amide bonds. The number of methoxy groups -OCH3 is 1. The number of H-pyrrole nitrogens is 1. The van der Waals surface area contributed by atoms with E-state index in [1.54, 1.807) is 25.3 Å². The van der Waals surface area contributed by atoms with Gasteiger partial charge in [0.15, 0.2) is 11.5 Å². The van der Waals surface area contributed by atoms with Crippen LogP contribution in [0.15, 0.2) is 59.1 Å². The number of nitrogens with two attached hydrogens (primary N) is 1. The van der Waals surface area contributed by atoms with Gasteiger partial charge in [-0.2, -0.15) is 0 Å². The normalized spacial score (nSPS) is 10.8. The molecule has 0 saturated carbocycles. The molecule has 0 aliphatic rings. The van der Waals surface area contributed by atoms with E-state index in [0.29, 0.717) is 29.5 Å². The van der Waals surface area contributed by atoms with Gasteiger partial charge in [-0.05, 0) is 58.7 Å². The van der Waals surface area contributed by atoms with Gasteiger partial charge >= 0.3 is 0 Å². The maximum Gasteiger partial charge on any atom is 0.265 e. The van der Waals surface area contributed by atoms with Crippen LogP contribution in [0.3, 0.4) is 0 Å². The Bertz CT molecular complexity index is 1250. The highest BCUT2D eigenvalue weighted by molar-refractivity contribution is 9.10. The van der Waals surface area contributed by atoms with E-state index in [1.165, 1.54) is 5.56 Å². The molecular formula is C23H21BrN4O3. The number of nitrogen functional groups attached to an aromatic ring is 1. The van der Waals surface area contributed by atoms with Gasteiger partial charge in [0, 0.05) is 11.1 Å². The monoisotopic (exact) mass is 480 g/mol. The second-order valence-corrected chi connectivity index (χ2v) is 7.91. The van der Waals surface area contributed by atoms with Crippen LogP contribution in [0.5, 0.6) is 11.5 Å². The summed E-state index contributed by atoms with van der Waals surface area (Å²) < 4.78 is 12.3. The van der Waals surface area contributed by atoms with Gasteiger partial charge in [0.05, 0.1) is 22.6 Å². The van der Waals surface area contributed by atoms with Gasteiger partial charge in [0.1, 0.15) is 12.4 Å². The first kappa shape index (κ1) is 20.9. The number of aromatic nitrogens is 2. The Morgan fingerprint density at radius 3 is 2.65 bits per heavy atom. The van der Waals surface area contributed by atoms with Crippen molar-refractivity contribution in [3.05, 3.63) is 75.8 Å². The van der Waals surface area contributed by atoms with Gasteiger partial charge in [-0.3, -0.25) is 10.2 Å². The third-order valence-corrected chi connectivity index (χ3v) is 5.47. The molecule has 0 spiro atoms. The number of hydrazine groups is 1. The molecule has 0 bridgehead atoms. The number of aryl methyl sites for hydroxylation is 1. The molecule has 31 heavy (non-hydrogen) atoms. The highest BCUT2D eigenvalue weighted by Gasteiger charge is 2.16. The van der Waals surface area contributed by atoms with Gasteiger partial charge in [-0.15, -0.1) is 0 Å². The number of carbonyl (C=O) groups excluding carboxylic acids is 1. The molecule has 3 aromatic carbocycles. The molecule has 7 nitrogen and oxygen atoms in total. The fourth-order valence-electron chi connectivity index (χ4n) is 3.21. The number of ether oxygens (including phenoxy) is 2. The molecule has 158 valence electrons. The Morgan fingerprint density at radius 1 is 1.16 bits per heavy atom. The van der Waals surface area contributed by atoms with E-state index in [0.717, 1.165) is 26.6 Å². The Labute approximate surface area is 187 Å². The topological polar surface area (TPSA) is 102 Å². The molecule has 0 aliphatic heterocycles. The lowest BCUT2D eigenvalue weighted by Gasteiger charge is -2.14. The summed E-state index contributed by atoms with van der Waals surface area (Å²) in [5.74, 6) is 6.70. The molecule has 4 aromatic rings. The number of nitrogens with one attached hydrogen (secondary N) is 2. The number of rotatable bonds is 6. The van der Waals surface area contributed by atoms with Crippen molar-refractivity contribution in [3.63, 3.8) is 0 Å². The van der Waals surface area contributed by atoms with Crippen molar-refractivity contribution in [3.8, 4) is 22.9 Å². The number of fused-ring (bicyclic) bond motifs is 1. The van der Waals surface area contributed by atoms with E-state index >= 15 is 0 Å². The lowest BCUT2D eigenvalue weighted by molar-refractivity contribution is 0.0954. The van der Waals surface area contributed by atoms with Gasteiger partial charge in [-0.1, -0.05) is 29.8 Å². The summed E-state index contributed by atoms with van der Waals surface area (Å²) >= 11 is 3.59. The Morgan fingerprint density at radius 2 is 1.94 bits per heavy atom. The summed E-state index contributed by atoms with van der Waals surface area (Å²) in [6.07, 6.45) is 0. The minimum atomic E-state index is -0.363. The van der Waals surface area contributed by atoms with Crippen LogP contribution in [0.25, 0.3) is 22.4 Å². The van der Waals surface area contributed by atoms with E-state index < -0.39 is 0 Å². The van der Waals surface area contributed by atoms with Crippen LogP contribution in [0.2, 0.25) is 0 Å². The smallest absolute Gasteiger partial charge is 0.265 e. The summed E-state index contributed by atoms with van der Waals surface area (Å²) in [5, 5.41) is 0. The van der Waals surface area contributed by atoms with Gasteiger partial charge in [0.25, 0.3) is 5.91 Å². The third kappa shape index (κ3) is 4.40. The number of halogens is 1. The zero-order chi connectivity index (χ0) is 22.0. The first-order chi connectivity index (χ1) is 15.0. The molecule has 0 aliphatic carbocycles. The molecule has 0 saturated heterocycles. The Hall–Kier alpha value is -3.36. The number of aromatic amines is 1. The van der Waals surface area contributed by atoms with Crippen LogP contribution in [-0.2, 0) is 6.61 Å². The second kappa shape index (κ2) is 8.79. The number of amides is 1. The van der Waals surface area contributed by atoms with Gasteiger partial charge in [0.2, 0.25) is 0 Å². The van der Waals surface area contributed by atoms with E-state index in [-0.39, 0.29) is 5.91 Å². The lowest BCUT2D eigenvalue weighted by Crippen LogP contribution is -2.29. The summed E-state index contributed by atoms with van der Waals surface area (Å²) in [6.45, 7) is 2.47. The van der Waals surface area contributed by atoms with Crippen LogP contribution in [0, 0.1) is 6.92 Å². The van der Waals surface area contributed by atoms with Crippen molar-refractivity contribution in [1.29, 1.82) is 0 Å². The molecule has 0 atom stereocenters. The standard InChI is InChI=1S/C23H21BrN4O3/c1-13-3-5-14(6-4-13)12-31-21-17(24)9-16(11-20(21)30-2)22-26-18-8-7-15(23(29)28-25)10-19(18)27-22/h3-11H,12,25H2,1-2H3,(H,26,27)(H,28,29). The quantitative estimate of drug-likeness (QED) is 0.214. The second-order valence-electron chi connectivity index (χ2n) is 7.05. The number of hydrogen-bond acceptors (Lipinski definition) is 5. The molecule has 1 heterocycles. The van der Waals surface area contributed by atoms with E-state index in [1.807, 2.05) is 24.3 Å². The van der Waals surface area contributed by atoms with Crippen molar-refractivity contribution in [2.45, 2.75) is 13.5 Å². The van der Waals surface area contributed by atoms with Gasteiger partial charge < -0.3 is 14.5 Å². The molecule has 0 unspecified atom stereocenters. The summed E-state index contributed by atoms with van der Waals surface area (Å²) in [6, 6.07) is 17.1. The number of hydrogen-bond donors (Lipinski definition) is 3. The first-order valence-electron chi connectivity index (χ1n) is 9.55. The summed E-state index contributed by atoms with van der Waals surface area (Å²) in [5.41, 5.74) is 7.12. The molecule has 8 heteroatoms. The number of carbonyl (C=O) groups is 1. The van der Waals surface area contributed by atoms with Crippen LogP contribution in [-0.4, -0.2) is 23.0 Å². The third-order valence-electron chi connectivity index (χ3n) is 4.88. The number of benzene rings is 3. The Kier molecular flexibility index (Phi) is 5.92. The molecule has 4 N–H and O–H groups in total. The van der Waals surface area contributed by atoms with Crippen molar-refractivity contribution < 1.29 is 14.3 Å². The van der Waals surface area contributed by atoms with Crippen molar-refractivity contribution in [2.75, 3.05) is 7.11 Å². The average molecular weight is 481 g/mol. The summed E-state index contributed by atoms with van der Waals surface area (Å²) in [4.78, 5) is 19.6. The van der Waals surface area contributed by atoms with Crippen LogP contribution in [0.1, 0.15) is 21.5 Å². The number of imidazole rings is 1. The van der Waals surface area contributed by atoms with Crippen LogP contribution < -0.4 is 20.7 Å². The minimum absolute atomic E-state index is 0.363. The van der Waals surface area contributed by atoms with Crippen molar-refractivity contribution >= 4 is 32.9 Å². The fourth-order valence-corrected chi connectivity index (χ4v) is 3.76. The first-order valence-corrected chi connectivity index (χ1v) is 10.3.